The molecule has 1 saturated carbocycles. The van der Waals surface area contributed by atoms with Crippen molar-refractivity contribution in [3.8, 4) is 0 Å². The van der Waals surface area contributed by atoms with E-state index < -0.39 is 52.5 Å². The zero-order chi connectivity index (χ0) is 25.4. The summed E-state index contributed by atoms with van der Waals surface area (Å²) in [7, 11) is 0. The lowest BCUT2D eigenvalue weighted by Gasteiger charge is -2.30. The Bertz CT molecular complexity index is 1190. The van der Waals surface area contributed by atoms with Gasteiger partial charge in [0.2, 0.25) is 0 Å². The average Bonchev–Trinajstić information content (AvgIpc) is 3.06. The van der Waals surface area contributed by atoms with Gasteiger partial charge in [0, 0.05) is 25.8 Å². The topological polar surface area (TPSA) is 118 Å². The molecule has 1 saturated heterocycles. The SMILES string of the molecule is O=C(CN(C(=O)c1ccccc1[N+](=O)[O-])N1C(=O)[C@@H]2C[C@H](Br)[C@@H](Br)C[C@H]2C1=O)c1ccc(Br)cc1. The lowest BCUT2D eigenvalue weighted by molar-refractivity contribution is -0.385. The van der Waals surface area contributed by atoms with Crippen molar-refractivity contribution in [2.75, 3.05) is 6.54 Å². The summed E-state index contributed by atoms with van der Waals surface area (Å²) in [4.78, 5) is 64.2. The van der Waals surface area contributed by atoms with Crippen molar-refractivity contribution in [2.24, 2.45) is 11.8 Å². The predicted octanol–water partition coefficient (Wildman–Crippen LogP) is 4.52. The second-order valence-electron chi connectivity index (χ2n) is 8.27. The van der Waals surface area contributed by atoms with Gasteiger partial charge in [-0.2, -0.15) is 5.01 Å². The van der Waals surface area contributed by atoms with E-state index in [4.69, 9.17) is 0 Å². The van der Waals surface area contributed by atoms with Gasteiger partial charge in [-0.1, -0.05) is 72.1 Å². The number of nitrogens with zero attached hydrogens (tertiary/aromatic N) is 3. The van der Waals surface area contributed by atoms with Crippen molar-refractivity contribution in [3.05, 3.63) is 74.2 Å². The molecule has 2 fully saturated rings. The Balaban J connectivity index is 1.74. The van der Waals surface area contributed by atoms with Crippen LogP contribution in [-0.4, -0.2) is 54.6 Å². The number of hydrazine groups is 1. The summed E-state index contributed by atoms with van der Waals surface area (Å²) < 4.78 is 0.740. The number of ketones is 1. The zero-order valence-electron chi connectivity index (χ0n) is 18.0. The fourth-order valence-corrected chi connectivity index (χ4v) is 5.87. The molecule has 0 radical (unpaired) electrons. The largest absolute Gasteiger partial charge is 0.292 e. The lowest BCUT2D eigenvalue weighted by atomic mass is 9.81. The van der Waals surface area contributed by atoms with Crippen LogP contribution in [0.4, 0.5) is 5.69 Å². The maximum Gasteiger partial charge on any atom is 0.282 e. The fourth-order valence-electron chi connectivity index (χ4n) is 4.36. The minimum Gasteiger partial charge on any atom is -0.292 e. The van der Waals surface area contributed by atoms with Gasteiger partial charge in [0.1, 0.15) is 12.1 Å². The maximum absolute atomic E-state index is 13.6. The quantitative estimate of drug-likeness (QED) is 0.147. The fraction of sp³-hybridized carbons (Fsp3) is 0.304. The number of Topliss-reactive ketones (excluding diaryl/α,β-unsaturated/α-hetero) is 1. The summed E-state index contributed by atoms with van der Waals surface area (Å²) in [6.45, 7) is -0.640. The number of imide groups is 1. The van der Waals surface area contributed by atoms with Gasteiger partial charge in [-0.3, -0.25) is 29.3 Å². The monoisotopic (exact) mass is 669 g/mol. The van der Waals surface area contributed by atoms with E-state index >= 15 is 0 Å². The minimum atomic E-state index is -0.978. The molecule has 1 aliphatic carbocycles. The number of carbonyl (C=O) groups excluding carboxylic acids is 4. The van der Waals surface area contributed by atoms with Crippen LogP contribution in [0.15, 0.2) is 53.0 Å². The summed E-state index contributed by atoms with van der Waals surface area (Å²) in [5, 5.41) is 13.0. The molecule has 2 aromatic carbocycles. The Hall–Kier alpha value is -2.44. The zero-order valence-corrected chi connectivity index (χ0v) is 22.7. The molecule has 12 heteroatoms. The third-order valence-corrected chi connectivity index (χ3v) is 9.42. The number of alkyl halides is 2. The molecule has 0 spiro atoms. The van der Waals surface area contributed by atoms with Gasteiger partial charge < -0.3 is 0 Å². The second kappa shape index (κ2) is 10.3. The van der Waals surface area contributed by atoms with Crippen molar-refractivity contribution in [1.29, 1.82) is 0 Å². The van der Waals surface area contributed by atoms with Crippen LogP contribution in [0.2, 0.25) is 0 Å². The summed E-state index contributed by atoms with van der Waals surface area (Å²) in [5.41, 5.74) is -0.560. The Morgan fingerprint density at radius 3 is 2.06 bits per heavy atom. The number of hydrogen-bond acceptors (Lipinski definition) is 6. The number of benzene rings is 2. The van der Waals surface area contributed by atoms with Crippen molar-refractivity contribution in [3.63, 3.8) is 0 Å². The van der Waals surface area contributed by atoms with Crippen molar-refractivity contribution < 1.29 is 24.1 Å². The van der Waals surface area contributed by atoms with Crippen LogP contribution < -0.4 is 0 Å². The van der Waals surface area contributed by atoms with Gasteiger partial charge in [-0.05, 0) is 31.0 Å². The first-order valence-electron chi connectivity index (χ1n) is 10.6. The van der Waals surface area contributed by atoms with Crippen LogP contribution >= 0.6 is 47.8 Å². The van der Waals surface area contributed by atoms with E-state index in [0.29, 0.717) is 12.8 Å². The van der Waals surface area contributed by atoms with Crippen LogP contribution in [0.3, 0.4) is 0 Å². The number of amides is 3. The molecule has 35 heavy (non-hydrogen) atoms. The molecule has 4 atom stereocenters. The van der Waals surface area contributed by atoms with Gasteiger partial charge in [0.15, 0.2) is 5.78 Å². The number of hydrogen-bond donors (Lipinski definition) is 0. The molecular weight excluding hydrogens is 654 g/mol. The Morgan fingerprint density at radius 1 is 0.971 bits per heavy atom. The first-order chi connectivity index (χ1) is 16.6. The first kappa shape index (κ1) is 25.6. The molecule has 182 valence electrons. The molecule has 1 heterocycles. The van der Waals surface area contributed by atoms with Gasteiger partial charge >= 0.3 is 0 Å². The Labute approximate surface area is 225 Å². The normalized spacial score (nSPS) is 23.7. The Kier molecular flexibility index (Phi) is 7.53. The molecular formula is C23H18Br3N3O6. The molecule has 1 aliphatic heterocycles. The number of carbonyl (C=O) groups is 4. The standard InChI is InChI=1S/C23H18Br3N3O6/c24-13-7-5-12(6-8-13)20(30)11-27(21(31)14-3-1-2-4-19(14)29(34)35)28-22(32)15-9-17(25)18(26)10-16(15)23(28)33/h1-8,15-18H,9-11H2/t15-,16-,17+,18+/m1/s1. The van der Waals surface area contributed by atoms with Gasteiger partial charge in [-0.25, -0.2) is 5.01 Å². The molecule has 9 nitrogen and oxygen atoms in total. The minimum absolute atomic E-state index is 0.0517. The van der Waals surface area contributed by atoms with Crippen LogP contribution in [0.1, 0.15) is 33.6 Å². The molecule has 2 aliphatic rings. The van der Waals surface area contributed by atoms with E-state index in [9.17, 15) is 29.3 Å². The summed E-state index contributed by atoms with van der Waals surface area (Å²) >= 11 is 10.3. The molecule has 0 unspecified atom stereocenters. The molecule has 0 bridgehead atoms. The van der Waals surface area contributed by atoms with E-state index in [1.807, 2.05) is 0 Å². The Morgan fingerprint density at radius 2 is 1.51 bits per heavy atom. The van der Waals surface area contributed by atoms with Crippen molar-refractivity contribution >= 4 is 77.0 Å². The van der Waals surface area contributed by atoms with Crippen LogP contribution in [0, 0.1) is 22.0 Å². The number of halogens is 3. The molecule has 3 amide bonds. The molecule has 0 aromatic heterocycles. The lowest BCUT2D eigenvalue weighted by Crippen LogP contribution is -2.52. The van der Waals surface area contributed by atoms with Gasteiger partial charge in [0.05, 0.1) is 16.8 Å². The number of para-hydroxylation sites is 1. The highest BCUT2D eigenvalue weighted by atomic mass is 79.9. The number of rotatable bonds is 6. The third-order valence-electron chi connectivity index (χ3n) is 6.15. The van der Waals surface area contributed by atoms with E-state index in [1.54, 1.807) is 12.1 Å². The second-order valence-corrected chi connectivity index (χ2v) is 11.5. The average molecular weight is 672 g/mol. The summed E-state index contributed by atoms with van der Waals surface area (Å²) in [5.74, 6) is -4.03. The van der Waals surface area contributed by atoms with Crippen molar-refractivity contribution in [2.45, 2.75) is 22.5 Å². The van der Waals surface area contributed by atoms with Crippen molar-refractivity contribution in [1.82, 2.24) is 10.0 Å². The van der Waals surface area contributed by atoms with Crippen LogP contribution in [-0.2, 0) is 9.59 Å². The first-order valence-corrected chi connectivity index (χ1v) is 13.2. The highest BCUT2D eigenvalue weighted by Crippen LogP contribution is 2.43. The number of nitro groups is 1. The number of nitro benzene ring substituents is 1. The highest BCUT2D eigenvalue weighted by Gasteiger charge is 2.55. The summed E-state index contributed by atoms with van der Waals surface area (Å²) in [6.07, 6.45) is 0.742. The van der Waals surface area contributed by atoms with E-state index in [0.717, 1.165) is 20.6 Å². The molecule has 2 aromatic rings. The van der Waals surface area contributed by atoms with Gasteiger partial charge in [0.25, 0.3) is 23.4 Å². The third kappa shape index (κ3) is 4.96. The van der Waals surface area contributed by atoms with Crippen LogP contribution in [0.5, 0.6) is 0 Å². The predicted molar refractivity (Wildman–Crippen MR) is 136 cm³/mol. The van der Waals surface area contributed by atoms with Crippen LogP contribution in [0.25, 0.3) is 0 Å². The summed E-state index contributed by atoms with van der Waals surface area (Å²) in [6, 6.07) is 11.6. The maximum atomic E-state index is 13.6. The van der Waals surface area contributed by atoms with E-state index in [2.05, 4.69) is 47.8 Å². The highest BCUT2D eigenvalue weighted by molar-refractivity contribution is 9.12. The van der Waals surface area contributed by atoms with E-state index in [-0.39, 0.29) is 20.8 Å². The molecule has 0 N–H and O–H groups in total. The van der Waals surface area contributed by atoms with E-state index in [1.165, 1.54) is 30.3 Å². The number of fused-ring (bicyclic) bond motifs is 1. The molecule has 4 rings (SSSR count). The smallest absolute Gasteiger partial charge is 0.282 e. The van der Waals surface area contributed by atoms with Gasteiger partial charge in [-0.15, -0.1) is 0 Å².